The molecule has 0 fully saturated rings. The Labute approximate surface area is 110 Å². The Morgan fingerprint density at radius 2 is 2.06 bits per heavy atom. The van der Waals surface area contributed by atoms with E-state index < -0.39 is 0 Å². The van der Waals surface area contributed by atoms with Gasteiger partial charge in [0.1, 0.15) is 0 Å². The second-order valence-corrected chi connectivity index (χ2v) is 5.09. The summed E-state index contributed by atoms with van der Waals surface area (Å²) in [6.07, 6.45) is 0.189. The summed E-state index contributed by atoms with van der Waals surface area (Å²) in [5.74, 6) is 1.49. The van der Waals surface area contributed by atoms with Gasteiger partial charge in [0.15, 0.2) is 11.6 Å². The number of carbonyl (C=O) groups excluding carboxylic acids is 1. The van der Waals surface area contributed by atoms with Crippen LogP contribution >= 0.6 is 11.8 Å². The molecule has 0 N–H and O–H groups in total. The molecule has 1 aromatic heterocycles. The molecule has 0 spiro atoms. The molecule has 1 aromatic carbocycles. The van der Waals surface area contributed by atoms with E-state index in [1.807, 2.05) is 24.3 Å². The topological polar surface area (TPSA) is 60.7 Å². The van der Waals surface area contributed by atoms with E-state index >= 15 is 0 Å². The number of nitrogens with zero attached hydrogens (tertiary/aromatic N) is 4. The number of ketones is 1. The van der Waals surface area contributed by atoms with E-state index in [2.05, 4.69) is 22.3 Å². The minimum absolute atomic E-state index is 0.0102. The van der Waals surface area contributed by atoms with Crippen molar-refractivity contribution in [1.82, 2.24) is 20.2 Å². The van der Waals surface area contributed by atoms with Gasteiger partial charge < -0.3 is 0 Å². The van der Waals surface area contributed by atoms with Crippen LogP contribution in [0.2, 0.25) is 0 Å². The SMILES string of the molecule is CCSc1ccc(C(=O)Cc2nnn(C)n2)cc1. The van der Waals surface area contributed by atoms with Crippen LogP contribution in [0.3, 0.4) is 0 Å². The largest absolute Gasteiger partial charge is 0.294 e. The number of hydrogen-bond donors (Lipinski definition) is 0. The van der Waals surface area contributed by atoms with Gasteiger partial charge in [-0.3, -0.25) is 4.79 Å². The molecule has 0 unspecified atom stereocenters. The normalized spacial score (nSPS) is 10.6. The van der Waals surface area contributed by atoms with Gasteiger partial charge >= 0.3 is 0 Å². The molecule has 2 rings (SSSR count). The third kappa shape index (κ3) is 3.16. The molecule has 0 amide bonds. The smallest absolute Gasteiger partial charge is 0.182 e. The second-order valence-electron chi connectivity index (χ2n) is 3.75. The van der Waals surface area contributed by atoms with Gasteiger partial charge in [0.05, 0.1) is 13.5 Å². The Hall–Kier alpha value is -1.69. The summed E-state index contributed by atoms with van der Waals surface area (Å²) in [6.45, 7) is 2.10. The third-order valence-corrected chi connectivity index (χ3v) is 3.25. The summed E-state index contributed by atoms with van der Waals surface area (Å²) < 4.78 is 0. The van der Waals surface area contributed by atoms with Crippen LogP contribution < -0.4 is 0 Å². The van der Waals surface area contributed by atoms with E-state index in [0.29, 0.717) is 11.4 Å². The van der Waals surface area contributed by atoms with Crippen LogP contribution in [0.1, 0.15) is 23.1 Å². The first-order valence-corrected chi connectivity index (χ1v) is 6.66. The van der Waals surface area contributed by atoms with E-state index in [4.69, 9.17) is 0 Å². The second kappa shape index (κ2) is 5.77. The van der Waals surface area contributed by atoms with Gasteiger partial charge in [-0.15, -0.1) is 22.0 Å². The van der Waals surface area contributed by atoms with Crippen molar-refractivity contribution in [2.24, 2.45) is 7.05 Å². The first-order valence-electron chi connectivity index (χ1n) is 5.68. The lowest BCUT2D eigenvalue weighted by atomic mass is 10.1. The maximum atomic E-state index is 12.0. The third-order valence-electron chi connectivity index (χ3n) is 2.36. The number of benzene rings is 1. The number of tetrazole rings is 1. The zero-order valence-corrected chi connectivity index (χ0v) is 11.1. The van der Waals surface area contributed by atoms with Crippen LogP contribution in [0, 0.1) is 0 Å². The summed E-state index contributed by atoms with van der Waals surface area (Å²) in [6, 6.07) is 7.62. The zero-order valence-electron chi connectivity index (χ0n) is 10.3. The summed E-state index contributed by atoms with van der Waals surface area (Å²) in [7, 11) is 1.68. The molecule has 0 aliphatic rings. The lowest BCUT2D eigenvalue weighted by Crippen LogP contribution is -2.05. The fourth-order valence-electron chi connectivity index (χ4n) is 1.54. The van der Waals surface area contributed by atoms with E-state index in [9.17, 15) is 4.79 Å². The minimum atomic E-state index is 0.0102. The van der Waals surface area contributed by atoms with E-state index in [1.54, 1.807) is 18.8 Å². The molecule has 1 heterocycles. The molecule has 18 heavy (non-hydrogen) atoms. The highest BCUT2D eigenvalue weighted by molar-refractivity contribution is 7.99. The molecule has 0 aliphatic heterocycles. The van der Waals surface area contributed by atoms with E-state index in [0.717, 1.165) is 5.75 Å². The van der Waals surface area contributed by atoms with Gasteiger partial charge in [-0.05, 0) is 23.1 Å². The Morgan fingerprint density at radius 1 is 1.33 bits per heavy atom. The molecule has 0 atom stereocenters. The van der Waals surface area contributed by atoms with Gasteiger partial charge in [0.25, 0.3) is 0 Å². The average Bonchev–Trinajstić information content (AvgIpc) is 2.76. The maximum Gasteiger partial charge on any atom is 0.182 e. The number of Topliss-reactive ketones (excluding diaryl/α,β-unsaturated/α-hetero) is 1. The van der Waals surface area contributed by atoms with Crippen LogP contribution in [0.25, 0.3) is 0 Å². The van der Waals surface area contributed by atoms with Crippen molar-refractivity contribution in [3.05, 3.63) is 35.7 Å². The number of aryl methyl sites for hydroxylation is 1. The summed E-state index contributed by atoms with van der Waals surface area (Å²) >= 11 is 1.75. The Balaban J connectivity index is 2.04. The van der Waals surface area contributed by atoms with Crippen molar-refractivity contribution >= 4 is 17.5 Å². The van der Waals surface area contributed by atoms with Crippen molar-refractivity contribution < 1.29 is 4.79 Å². The fourth-order valence-corrected chi connectivity index (χ4v) is 2.21. The lowest BCUT2D eigenvalue weighted by Gasteiger charge is -2.01. The lowest BCUT2D eigenvalue weighted by molar-refractivity contribution is 0.0990. The van der Waals surface area contributed by atoms with Gasteiger partial charge in [0, 0.05) is 10.5 Å². The molecular formula is C12H14N4OS. The molecular weight excluding hydrogens is 248 g/mol. The van der Waals surface area contributed by atoms with Gasteiger partial charge in [0.2, 0.25) is 0 Å². The van der Waals surface area contributed by atoms with Gasteiger partial charge in [-0.2, -0.15) is 4.80 Å². The summed E-state index contributed by atoms with van der Waals surface area (Å²) in [4.78, 5) is 14.5. The molecule has 0 saturated heterocycles. The van der Waals surface area contributed by atoms with Crippen LogP contribution in [0.5, 0.6) is 0 Å². The predicted octanol–water partition coefficient (Wildman–Crippen LogP) is 1.75. The number of rotatable bonds is 5. The van der Waals surface area contributed by atoms with Crippen molar-refractivity contribution in [3.8, 4) is 0 Å². The zero-order chi connectivity index (χ0) is 13.0. The predicted molar refractivity (Wildman–Crippen MR) is 69.7 cm³/mol. The van der Waals surface area contributed by atoms with Crippen molar-refractivity contribution in [2.75, 3.05) is 5.75 Å². The Morgan fingerprint density at radius 3 is 2.61 bits per heavy atom. The van der Waals surface area contributed by atoms with Crippen molar-refractivity contribution in [3.63, 3.8) is 0 Å². The highest BCUT2D eigenvalue weighted by Gasteiger charge is 2.10. The van der Waals surface area contributed by atoms with Crippen LogP contribution in [0.4, 0.5) is 0 Å². The highest BCUT2D eigenvalue weighted by atomic mass is 32.2. The Bertz CT molecular complexity index is 535. The van der Waals surface area contributed by atoms with Crippen LogP contribution in [-0.4, -0.2) is 31.7 Å². The number of aromatic nitrogens is 4. The molecule has 0 aliphatic carbocycles. The quantitative estimate of drug-likeness (QED) is 0.607. The standard InChI is InChI=1S/C12H14N4OS/c1-3-18-10-6-4-9(5-7-10)11(17)8-12-13-15-16(2)14-12/h4-7H,3,8H2,1-2H3. The Kier molecular flexibility index (Phi) is 4.09. The fraction of sp³-hybridized carbons (Fsp3) is 0.333. The number of hydrogen-bond acceptors (Lipinski definition) is 5. The molecule has 2 aromatic rings. The molecule has 94 valence electrons. The van der Waals surface area contributed by atoms with Crippen molar-refractivity contribution in [1.29, 1.82) is 0 Å². The number of thioether (sulfide) groups is 1. The highest BCUT2D eigenvalue weighted by Crippen LogP contribution is 2.18. The van der Waals surface area contributed by atoms with E-state index in [-0.39, 0.29) is 12.2 Å². The van der Waals surface area contributed by atoms with Crippen molar-refractivity contribution in [2.45, 2.75) is 18.2 Å². The summed E-state index contributed by atoms with van der Waals surface area (Å²) in [5.41, 5.74) is 0.683. The molecule has 5 nitrogen and oxygen atoms in total. The van der Waals surface area contributed by atoms with Crippen LogP contribution in [0.15, 0.2) is 29.2 Å². The van der Waals surface area contributed by atoms with Gasteiger partial charge in [-0.1, -0.05) is 19.1 Å². The first kappa shape index (κ1) is 12.8. The minimum Gasteiger partial charge on any atom is -0.294 e. The number of carbonyl (C=O) groups is 1. The maximum absolute atomic E-state index is 12.0. The molecule has 0 radical (unpaired) electrons. The van der Waals surface area contributed by atoms with Gasteiger partial charge in [-0.25, -0.2) is 0 Å². The molecule has 0 bridgehead atoms. The van der Waals surface area contributed by atoms with E-state index in [1.165, 1.54) is 9.69 Å². The van der Waals surface area contributed by atoms with Crippen LogP contribution in [-0.2, 0) is 13.5 Å². The summed E-state index contributed by atoms with van der Waals surface area (Å²) in [5, 5.41) is 11.5. The monoisotopic (exact) mass is 262 g/mol. The first-order chi connectivity index (χ1) is 8.69. The average molecular weight is 262 g/mol. The molecule has 0 saturated carbocycles. The molecule has 6 heteroatoms.